The van der Waals surface area contributed by atoms with Crippen LogP contribution in [-0.2, 0) is 10.4 Å². The number of hydrogen-bond donors (Lipinski definition) is 1. The maximum atomic E-state index is 13.1. The standard InChI is InChI=1S/C15H16F2N2O2/c1-14(2)8-15(21,6-9(7-18)12(14)20)11-10(13(16)17)4-3-5-19-11/h3-5,9,13,21H,6,8H2,1-2H3. The Kier molecular flexibility index (Phi) is 3.81. The number of Topliss-reactive ketones (excluding diaryl/α,β-unsaturated/α-hetero) is 1. The maximum absolute atomic E-state index is 13.1. The summed E-state index contributed by atoms with van der Waals surface area (Å²) in [5.74, 6) is -1.30. The molecule has 0 radical (unpaired) electrons. The molecule has 0 aromatic carbocycles. The lowest BCUT2D eigenvalue weighted by molar-refractivity contribution is -0.144. The van der Waals surface area contributed by atoms with Gasteiger partial charge in [0, 0.05) is 23.6 Å². The Morgan fingerprint density at radius 3 is 2.76 bits per heavy atom. The van der Waals surface area contributed by atoms with E-state index in [-0.39, 0.29) is 29.9 Å². The number of alkyl halides is 2. The lowest BCUT2D eigenvalue weighted by Gasteiger charge is -2.42. The smallest absolute Gasteiger partial charge is 0.265 e. The van der Waals surface area contributed by atoms with Crippen molar-refractivity contribution in [2.45, 2.75) is 38.7 Å². The summed E-state index contributed by atoms with van der Waals surface area (Å²) in [5, 5.41) is 19.9. The van der Waals surface area contributed by atoms with Gasteiger partial charge in [0.2, 0.25) is 0 Å². The largest absolute Gasteiger partial charge is 0.383 e. The van der Waals surface area contributed by atoms with E-state index in [0.29, 0.717) is 0 Å². The third-order valence-electron chi connectivity index (χ3n) is 3.93. The van der Waals surface area contributed by atoms with E-state index >= 15 is 0 Å². The normalized spacial score (nSPS) is 28.4. The summed E-state index contributed by atoms with van der Waals surface area (Å²) in [6.07, 6.45) is -1.70. The van der Waals surface area contributed by atoms with Crippen molar-refractivity contribution in [1.82, 2.24) is 4.98 Å². The van der Waals surface area contributed by atoms with Gasteiger partial charge in [0.15, 0.2) is 5.78 Å². The second kappa shape index (κ2) is 5.15. The number of aromatic nitrogens is 1. The molecule has 1 saturated carbocycles. The summed E-state index contributed by atoms with van der Waals surface area (Å²) >= 11 is 0. The molecule has 2 rings (SSSR count). The van der Waals surface area contributed by atoms with Crippen molar-refractivity contribution < 1.29 is 18.7 Å². The molecule has 21 heavy (non-hydrogen) atoms. The Balaban J connectivity index is 2.53. The predicted molar refractivity (Wildman–Crippen MR) is 70.2 cm³/mol. The number of pyridine rings is 1. The van der Waals surface area contributed by atoms with Gasteiger partial charge in [0.05, 0.1) is 11.8 Å². The average molecular weight is 294 g/mol. The quantitative estimate of drug-likeness (QED) is 0.910. The van der Waals surface area contributed by atoms with Crippen LogP contribution in [0.25, 0.3) is 0 Å². The topological polar surface area (TPSA) is 74.0 Å². The molecule has 1 heterocycles. The fourth-order valence-electron chi connectivity index (χ4n) is 3.06. The summed E-state index contributed by atoms with van der Waals surface area (Å²) < 4.78 is 26.2. The molecule has 1 fully saturated rings. The fraction of sp³-hybridized carbons (Fsp3) is 0.533. The molecule has 0 saturated heterocycles. The van der Waals surface area contributed by atoms with Gasteiger partial charge in [-0.2, -0.15) is 5.26 Å². The second-order valence-electron chi connectivity index (χ2n) is 6.08. The SMILES string of the molecule is CC1(C)CC(O)(c2ncccc2C(F)F)CC(C#N)C1=O. The van der Waals surface area contributed by atoms with Crippen LogP contribution in [0.5, 0.6) is 0 Å². The monoisotopic (exact) mass is 294 g/mol. The number of hydrogen-bond acceptors (Lipinski definition) is 4. The Morgan fingerprint density at radius 1 is 1.52 bits per heavy atom. The molecule has 2 atom stereocenters. The van der Waals surface area contributed by atoms with Crippen molar-refractivity contribution in [3.05, 3.63) is 29.6 Å². The molecule has 1 aromatic heterocycles. The van der Waals surface area contributed by atoms with Crippen LogP contribution in [0.15, 0.2) is 18.3 Å². The van der Waals surface area contributed by atoms with E-state index in [1.165, 1.54) is 18.3 Å². The highest BCUT2D eigenvalue weighted by Crippen LogP contribution is 2.47. The van der Waals surface area contributed by atoms with Gasteiger partial charge in [0.25, 0.3) is 6.43 Å². The highest BCUT2D eigenvalue weighted by molar-refractivity contribution is 5.89. The van der Waals surface area contributed by atoms with Crippen molar-refractivity contribution in [1.29, 1.82) is 5.26 Å². The molecule has 0 aliphatic heterocycles. The van der Waals surface area contributed by atoms with Crippen LogP contribution < -0.4 is 0 Å². The molecule has 112 valence electrons. The summed E-state index contributed by atoms with van der Waals surface area (Å²) in [6.45, 7) is 3.21. The zero-order valence-electron chi connectivity index (χ0n) is 11.8. The highest BCUT2D eigenvalue weighted by atomic mass is 19.3. The van der Waals surface area contributed by atoms with E-state index in [9.17, 15) is 18.7 Å². The molecular formula is C15H16F2N2O2. The first-order valence-corrected chi connectivity index (χ1v) is 6.61. The van der Waals surface area contributed by atoms with E-state index in [1.807, 2.05) is 6.07 Å². The Labute approximate surface area is 121 Å². The zero-order chi connectivity index (χ0) is 15.8. The van der Waals surface area contributed by atoms with Gasteiger partial charge in [-0.25, -0.2) is 8.78 Å². The lowest BCUT2D eigenvalue weighted by Crippen LogP contribution is -2.47. The summed E-state index contributed by atoms with van der Waals surface area (Å²) in [5.41, 5.74) is -3.17. The second-order valence-corrected chi connectivity index (χ2v) is 6.08. The molecule has 1 aliphatic carbocycles. The number of nitrogens with zero attached hydrogens (tertiary/aromatic N) is 2. The summed E-state index contributed by atoms with van der Waals surface area (Å²) in [6, 6.07) is 4.43. The van der Waals surface area contributed by atoms with Gasteiger partial charge in [-0.3, -0.25) is 9.78 Å². The molecule has 6 heteroatoms. The van der Waals surface area contributed by atoms with Gasteiger partial charge in [-0.1, -0.05) is 13.8 Å². The van der Waals surface area contributed by atoms with E-state index < -0.39 is 23.4 Å². The highest BCUT2D eigenvalue weighted by Gasteiger charge is 2.51. The molecular weight excluding hydrogens is 278 g/mol. The van der Waals surface area contributed by atoms with Gasteiger partial charge in [-0.05, 0) is 18.6 Å². The lowest BCUT2D eigenvalue weighted by atomic mass is 9.63. The first-order chi connectivity index (χ1) is 9.71. The number of nitriles is 1. The molecule has 0 amide bonds. The molecule has 0 bridgehead atoms. The number of ketones is 1. The minimum atomic E-state index is -2.78. The Hall–Kier alpha value is -1.87. The molecule has 1 aromatic rings. The van der Waals surface area contributed by atoms with Crippen LogP contribution in [-0.4, -0.2) is 15.9 Å². The van der Waals surface area contributed by atoms with E-state index in [1.54, 1.807) is 13.8 Å². The number of carbonyl (C=O) groups excluding carboxylic acids is 1. The van der Waals surface area contributed by atoms with Crippen molar-refractivity contribution in [3.63, 3.8) is 0 Å². The number of rotatable bonds is 2. The molecule has 1 N–H and O–H groups in total. The summed E-state index contributed by atoms with van der Waals surface area (Å²) in [4.78, 5) is 16.0. The van der Waals surface area contributed by atoms with E-state index in [2.05, 4.69) is 4.98 Å². The number of carbonyl (C=O) groups is 1. The van der Waals surface area contributed by atoms with Crippen molar-refractivity contribution in [2.75, 3.05) is 0 Å². The van der Waals surface area contributed by atoms with Crippen LogP contribution >= 0.6 is 0 Å². The molecule has 1 aliphatic rings. The predicted octanol–water partition coefficient (Wildman–Crippen LogP) is 2.74. The Morgan fingerprint density at radius 2 is 2.19 bits per heavy atom. The van der Waals surface area contributed by atoms with E-state index in [4.69, 9.17) is 5.26 Å². The van der Waals surface area contributed by atoms with Crippen LogP contribution in [0, 0.1) is 22.7 Å². The van der Waals surface area contributed by atoms with Gasteiger partial charge in [-0.15, -0.1) is 0 Å². The van der Waals surface area contributed by atoms with Crippen LogP contribution in [0.2, 0.25) is 0 Å². The zero-order valence-corrected chi connectivity index (χ0v) is 11.8. The van der Waals surface area contributed by atoms with E-state index in [0.717, 1.165) is 0 Å². The van der Waals surface area contributed by atoms with Crippen molar-refractivity contribution >= 4 is 5.78 Å². The minimum absolute atomic E-state index is 0.0340. The third kappa shape index (κ3) is 2.66. The van der Waals surface area contributed by atoms with Gasteiger partial charge >= 0.3 is 0 Å². The van der Waals surface area contributed by atoms with Crippen molar-refractivity contribution in [2.24, 2.45) is 11.3 Å². The average Bonchev–Trinajstić information content (AvgIpc) is 2.42. The third-order valence-corrected chi connectivity index (χ3v) is 3.93. The van der Waals surface area contributed by atoms with Gasteiger partial charge in [0.1, 0.15) is 11.5 Å². The maximum Gasteiger partial charge on any atom is 0.265 e. The van der Waals surface area contributed by atoms with Crippen molar-refractivity contribution in [3.8, 4) is 6.07 Å². The molecule has 4 nitrogen and oxygen atoms in total. The first kappa shape index (κ1) is 15.5. The summed E-state index contributed by atoms with van der Waals surface area (Å²) in [7, 11) is 0. The number of halogens is 2. The first-order valence-electron chi connectivity index (χ1n) is 6.61. The Bertz CT molecular complexity index is 610. The van der Waals surface area contributed by atoms with Crippen LogP contribution in [0.1, 0.15) is 44.4 Å². The molecule has 0 spiro atoms. The minimum Gasteiger partial charge on any atom is -0.383 e. The fourth-order valence-corrected chi connectivity index (χ4v) is 3.06. The van der Waals surface area contributed by atoms with Crippen LogP contribution in [0.4, 0.5) is 8.78 Å². The van der Waals surface area contributed by atoms with Crippen LogP contribution in [0.3, 0.4) is 0 Å². The van der Waals surface area contributed by atoms with Gasteiger partial charge < -0.3 is 5.11 Å². The molecule has 2 unspecified atom stereocenters. The number of aliphatic hydroxyl groups is 1.